The Labute approximate surface area is 57.5 Å². The van der Waals surface area contributed by atoms with E-state index in [0.717, 1.165) is 5.16 Å². The number of thioether (sulfide) groups is 1. The Balaban J connectivity index is 2.74. The monoisotopic (exact) mass is 144 g/mol. The molecule has 1 rings (SSSR count). The Morgan fingerprint density at radius 1 is 1.67 bits per heavy atom. The third kappa shape index (κ3) is 1.35. The summed E-state index contributed by atoms with van der Waals surface area (Å²) >= 11 is 1.51. The van der Waals surface area contributed by atoms with Gasteiger partial charge in [0.25, 0.3) is 0 Å². The summed E-state index contributed by atoms with van der Waals surface area (Å²) in [4.78, 5) is 4.03. The van der Waals surface area contributed by atoms with Crippen LogP contribution in [0.5, 0.6) is 0 Å². The molecule has 1 aromatic rings. The number of anilines is 1. The van der Waals surface area contributed by atoms with E-state index >= 15 is 0 Å². The molecule has 0 unspecified atom stereocenters. The van der Waals surface area contributed by atoms with Gasteiger partial charge >= 0.3 is 0 Å². The van der Waals surface area contributed by atoms with Crippen LogP contribution in [-0.2, 0) is 0 Å². The van der Waals surface area contributed by atoms with Crippen molar-refractivity contribution in [3.05, 3.63) is 0 Å². The maximum absolute atomic E-state index is 4.03. The number of nitrogens with zero attached hydrogens (tertiary/aromatic N) is 2. The number of nitrogens with one attached hydrogen (secondary N) is 2. The molecule has 0 radical (unpaired) electrons. The number of hydrogen-bond acceptors (Lipinski definition) is 4. The molecule has 0 aliphatic heterocycles. The Hall–Kier alpha value is -0.710. The SMILES string of the molecule is CNc1nc(SC)n[nH]1. The van der Waals surface area contributed by atoms with Gasteiger partial charge in [-0.25, -0.2) is 5.10 Å². The van der Waals surface area contributed by atoms with Crippen LogP contribution in [0.25, 0.3) is 0 Å². The van der Waals surface area contributed by atoms with Gasteiger partial charge in [0, 0.05) is 7.05 Å². The van der Waals surface area contributed by atoms with Gasteiger partial charge < -0.3 is 5.32 Å². The number of hydrogen-bond donors (Lipinski definition) is 2. The molecule has 1 heterocycles. The van der Waals surface area contributed by atoms with Crippen molar-refractivity contribution in [3.8, 4) is 0 Å². The van der Waals surface area contributed by atoms with Gasteiger partial charge in [-0.15, -0.1) is 5.10 Å². The summed E-state index contributed by atoms with van der Waals surface area (Å²) in [5, 5.41) is 10.2. The van der Waals surface area contributed by atoms with Gasteiger partial charge in [-0.3, -0.25) is 0 Å². The predicted octanol–water partition coefficient (Wildman–Crippen LogP) is 0.568. The largest absolute Gasteiger partial charge is 0.358 e. The fourth-order valence-corrected chi connectivity index (χ4v) is 0.769. The van der Waals surface area contributed by atoms with E-state index < -0.39 is 0 Å². The van der Waals surface area contributed by atoms with E-state index in [4.69, 9.17) is 0 Å². The minimum absolute atomic E-state index is 0.708. The second kappa shape index (κ2) is 2.72. The Kier molecular flexibility index (Phi) is 1.94. The summed E-state index contributed by atoms with van der Waals surface area (Å²) in [5.74, 6) is 0.708. The highest BCUT2D eigenvalue weighted by atomic mass is 32.2. The van der Waals surface area contributed by atoms with Crippen LogP contribution in [0, 0.1) is 0 Å². The van der Waals surface area contributed by atoms with Gasteiger partial charge in [-0.05, 0) is 6.26 Å². The fraction of sp³-hybridized carbons (Fsp3) is 0.500. The molecular weight excluding hydrogens is 136 g/mol. The molecule has 0 amide bonds. The first-order chi connectivity index (χ1) is 4.36. The molecule has 0 aromatic carbocycles. The zero-order chi connectivity index (χ0) is 6.69. The van der Waals surface area contributed by atoms with E-state index in [1.165, 1.54) is 11.8 Å². The average molecular weight is 144 g/mol. The number of rotatable bonds is 2. The van der Waals surface area contributed by atoms with Gasteiger partial charge in [0.15, 0.2) is 0 Å². The standard InChI is InChI=1S/C4H8N4S/c1-5-3-6-4(9-2)8-7-3/h1-2H3,(H2,5,6,7,8). The van der Waals surface area contributed by atoms with Gasteiger partial charge in [0.1, 0.15) is 0 Å². The lowest BCUT2D eigenvalue weighted by molar-refractivity contribution is 0.976. The second-order valence-corrected chi connectivity index (χ2v) is 2.19. The number of aromatic amines is 1. The minimum Gasteiger partial charge on any atom is -0.358 e. The third-order valence-electron chi connectivity index (χ3n) is 0.884. The van der Waals surface area contributed by atoms with E-state index in [1.54, 1.807) is 7.05 Å². The highest BCUT2D eigenvalue weighted by Gasteiger charge is 1.95. The van der Waals surface area contributed by atoms with Crippen LogP contribution in [0.2, 0.25) is 0 Å². The first-order valence-corrected chi connectivity index (χ1v) is 3.73. The van der Waals surface area contributed by atoms with Gasteiger partial charge in [0.2, 0.25) is 11.1 Å². The molecule has 9 heavy (non-hydrogen) atoms. The second-order valence-electron chi connectivity index (χ2n) is 1.42. The third-order valence-corrected chi connectivity index (χ3v) is 1.43. The topological polar surface area (TPSA) is 53.6 Å². The van der Waals surface area contributed by atoms with Crippen molar-refractivity contribution in [2.75, 3.05) is 18.6 Å². The van der Waals surface area contributed by atoms with Crippen LogP contribution in [0.4, 0.5) is 5.95 Å². The maximum atomic E-state index is 4.03. The molecular formula is C4H8N4S. The molecule has 0 aliphatic carbocycles. The average Bonchev–Trinajstić information content (AvgIpc) is 2.34. The van der Waals surface area contributed by atoms with Crippen molar-refractivity contribution >= 4 is 17.7 Å². The molecule has 1 aromatic heterocycles. The van der Waals surface area contributed by atoms with Crippen LogP contribution in [0.1, 0.15) is 0 Å². The molecule has 0 aliphatic rings. The molecule has 50 valence electrons. The van der Waals surface area contributed by atoms with Gasteiger partial charge in [-0.2, -0.15) is 4.98 Å². The summed E-state index contributed by atoms with van der Waals surface area (Å²) in [7, 11) is 1.80. The first-order valence-electron chi connectivity index (χ1n) is 2.51. The quantitative estimate of drug-likeness (QED) is 0.596. The Morgan fingerprint density at radius 3 is 2.78 bits per heavy atom. The lowest BCUT2D eigenvalue weighted by Crippen LogP contribution is -1.88. The lowest BCUT2D eigenvalue weighted by atomic mass is 11.0. The van der Waals surface area contributed by atoms with Crippen LogP contribution >= 0.6 is 11.8 Å². The van der Waals surface area contributed by atoms with Crippen molar-refractivity contribution < 1.29 is 0 Å². The van der Waals surface area contributed by atoms with Crippen molar-refractivity contribution in [1.82, 2.24) is 15.2 Å². The van der Waals surface area contributed by atoms with Crippen molar-refractivity contribution in [1.29, 1.82) is 0 Å². The summed E-state index contributed by atoms with van der Waals surface area (Å²) in [6, 6.07) is 0. The predicted molar refractivity (Wildman–Crippen MR) is 37.7 cm³/mol. The summed E-state index contributed by atoms with van der Waals surface area (Å²) in [5.41, 5.74) is 0. The van der Waals surface area contributed by atoms with E-state index in [0.29, 0.717) is 5.95 Å². The molecule has 2 N–H and O–H groups in total. The van der Waals surface area contributed by atoms with E-state index in [2.05, 4.69) is 20.5 Å². The Morgan fingerprint density at radius 2 is 2.44 bits per heavy atom. The zero-order valence-electron chi connectivity index (χ0n) is 5.30. The fourth-order valence-electron chi connectivity index (χ4n) is 0.450. The van der Waals surface area contributed by atoms with Gasteiger partial charge in [-0.1, -0.05) is 11.8 Å². The maximum Gasteiger partial charge on any atom is 0.219 e. The van der Waals surface area contributed by atoms with E-state index in [9.17, 15) is 0 Å². The zero-order valence-corrected chi connectivity index (χ0v) is 6.12. The highest BCUT2D eigenvalue weighted by Crippen LogP contribution is 2.07. The summed E-state index contributed by atoms with van der Waals surface area (Å²) in [6.07, 6.45) is 1.93. The molecule has 5 heteroatoms. The normalized spacial score (nSPS) is 9.56. The molecule has 0 fully saturated rings. The number of H-pyrrole nitrogens is 1. The lowest BCUT2D eigenvalue weighted by Gasteiger charge is -1.85. The van der Waals surface area contributed by atoms with Crippen LogP contribution in [0.15, 0.2) is 5.16 Å². The molecule has 0 atom stereocenters. The van der Waals surface area contributed by atoms with Crippen molar-refractivity contribution in [2.24, 2.45) is 0 Å². The summed E-state index contributed by atoms with van der Waals surface area (Å²) in [6.45, 7) is 0. The van der Waals surface area contributed by atoms with Crippen LogP contribution in [0.3, 0.4) is 0 Å². The van der Waals surface area contributed by atoms with E-state index in [1.807, 2.05) is 6.26 Å². The molecule has 0 saturated heterocycles. The Bertz CT molecular complexity index is 166. The smallest absolute Gasteiger partial charge is 0.219 e. The minimum atomic E-state index is 0.708. The van der Waals surface area contributed by atoms with Crippen LogP contribution in [-0.4, -0.2) is 28.5 Å². The van der Waals surface area contributed by atoms with E-state index in [-0.39, 0.29) is 0 Å². The molecule has 0 spiro atoms. The highest BCUT2D eigenvalue weighted by molar-refractivity contribution is 7.98. The van der Waals surface area contributed by atoms with Crippen molar-refractivity contribution in [3.63, 3.8) is 0 Å². The molecule has 0 bridgehead atoms. The summed E-state index contributed by atoms with van der Waals surface area (Å²) < 4.78 is 0. The number of aromatic nitrogens is 3. The molecule has 4 nitrogen and oxygen atoms in total. The van der Waals surface area contributed by atoms with Crippen molar-refractivity contribution in [2.45, 2.75) is 5.16 Å². The van der Waals surface area contributed by atoms with Crippen LogP contribution < -0.4 is 5.32 Å². The first kappa shape index (κ1) is 6.41. The van der Waals surface area contributed by atoms with Gasteiger partial charge in [0.05, 0.1) is 0 Å². The molecule has 0 saturated carbocycles.